The van der Waals surface area contributed by atoms with Gasteiger partial charge in [0.2, 0.25) is 0 Å². The van der Waals surface area contributed by atoms with Crippen LogP contribution in [0.2, 0.25) is 0 Å². The largest absolute Gasteiger partial charge is 0.444 e. The van der Waals surface area contributed by atoms with Gasteiger partial charge in [-0.15, -0.1) is 0 Å². The Hall–Kier alpha value is -2.01. The van der Waals surface area contributed by atoms with Crippen molar-refractivity contribution in [3.05, 3.63) is 42.5 Å². The third-order valence-corrected chi connectivity index (χ3v) is 5.83. The molecule has 148 valence electrons. The average Bonchev–Trinajstić information content (AvgIpc) is 2.63. The van der Waals surface area contributed by atoms with E-state index >= 15 is 0 Å². The Bertz CT molecular complexity index is 673. The maximum absolute atomic E-state index is 12.4. The molecule has 2 fully saturated rings. The summed E-state index contributed by atoms with van der Waals surface area (Å²) in [5, 5.41) is 0. The van der Waals surface area contributed by atoms with Gasteiger partial charge in [0.1, 0.15) is 5.60 Å². The zero-order valence-electron chi connectivity index (χ0n) is 17.2. The SMILES string of the molecule is C=C(c1ccccc1)N1CCN(C)C2(CCN(C(=O)OC(C)(C)C)CC2)C1. The summed E-state index contributed by atoms with van der Waals surface area (Å²) in [4.78, 5) is 19.1. The van der Waals surface area contributed by atoms with Crippen LogP contribution in [-0.4, -0.2) is 71.7 Å². The van der Waals surface area contributed by atoms with Crippen LogP contribution in [0.1, 0.15) is 39.2 Å². The third kappa shape index (κ3) is 4.46. The molecule has 2 aliphatic heterocycles. The number of carbonyl (C=O) groups excluding carboxylic acids is 1. The first kappa shape index (κ1) is 19.7. The van der Waals surface area contributed by atoms with Crippen LogP contribution in [0.25, 0.3) is 5.70 Å². The molecule has 0 saturated carbocycles. The van der Waals surface area contributed by atoms with E-state index in [-0.39, 0.29) is 11.6 Å². The fraction of sp³-hybridized carbons (Fsp3) is 0.591. The number of benzene rings is 1. The highest BCUT2D eigenvalue weighted by atomic mass is 16.6. The number of ether oxygens (including phenoxy) is 1. The van der Waals surface area contributed by atoms with Gasteiger partial charge >= 0.3 is 6.09 Å². The Labute approximate surface area is 163 Å². The smallest absolute Gasteiger partial charge is 0.410 e. The van der Waals surface area contributed by atoms with E-state index in [0.29, 0.717) is 0 Å². The first-order valence-corrected chi connectivity index (χ1v) is 9.89. The van der Waals surface area contributed by atoms with Crippen molar-refractivity contribution < 1.29 is 9.53 Å². The van der Waals surface area contributed by atoms with Gasteiger partial charge in [0.25, 0.3) is 0 Å². The molecule has 3 rings (SSSR count). The molecule has 2 heterocycles. The summed E-state index contributed by atoms with van der Waals surface area (Å²) in [6.45, 7) is 14.5. The first-order valence-electron chi connectivity index (χ1n) is 9.89. The number of piperazine rings is 1. The molecule has 0 aromatic heterocycles. The maximum atomic E-state index is 12.4. The molecule has 0 bridgehead atoms. The van der Waals surface area contributed by atoms with Crippen LogP contribution >= 0.6 is 0 Å². The van der Waals surface area contributed by atoms with Gasteiger partial charge in [-0.1, -0.05) is 36.9 Å². The Morgan fingerprint density at radius 3 is 2.26 bits per heavy atom. The van der Waals surface area contributed by atoms with Crippen molar-refractivity contribution in [3.63, 3.8) is 0 Å². The van der Waals surface area contributed by atoms with E-state index in [4.69, 9.17) is 4.74 Å². The molecule has 5 heteroatoms. The maximum Gasteiger partial charge on any atom is 0.410 e. The standard InChI is InChI=1S/C22H33N3O2/c1-18(19-9-7-6-8-10-19)25-16-15-23(5)22(17-25)11-13-24(14-12-22)20(26)27-21(2,3)4/h6-10H,1,11-17H2,2-5H3. The highest BCUT2D eigenvalue weighted by Gasteiger charge is 2.43. The van der Waals surface area contributed by atoms with Gasteiger partial charge in [0.15, 0.2) is 0 Å². The summed E-state index contributed by atoms with van der Waals surface area (Å²) in [5.41, 5.74) is 1.92. The van der Waals surface area contributed by atoms with E-state index in [0.717, 1.165) is 51.3 Å². The van der Waals surface area contributed by atoms with E-state index < -0.39 is 5.60 Å². The molecule has 0 aliphatic carbocycles. The molecule has 0 atom stereocenters. The summed E-state index contributed by atoms with van der Waals surface area (Å²) in [7, 11) is 2.21. The quantitative estimate of drug-likeness (QED) is 0.795. The Kier molecular flexibility index (Phi) is 5.52. The molecule has 1 amide bonds. The van der Waals surface area contributed by atoms with Crippen LogP contribution in [0.15, 0.2) is 36.9 Å². The van der Waals surface area contributed by atoms with Gasteiger partial charge < -0.3 is 14.5 Å². The Morgan fingerprint density at radius 2 is 1.67 bits per heavy atom. The molecular weight excluding hydrogens is 338 g/mol. The zero-order valence-corrected chi connectivity index (χ0v) is 17.2. The molecule has 1 spiro atoms. The number of likely N-dealkylation sites (tertiary alicyclic amines) is 1. The van der Waals surface area contributed by atoms with Crippen LogP contribution in [0, 0.1) is 0 Å². The van der Waals surface area contributed by atoms with Crippen molar-refractivity contribution in [2.75, 3.05) is 39.8 Å². The lowest BCUT2D eigenvalue weighted by Gasteiger charge is -2.53. The second kappa shape index (κ2) is 7.55. The van der Waals surface area contributed by atoms with Gasteiger partial charge in [-0.05, 0) is 46.2 Å². The molecule has 2 saturated heterocycles. The van der Waals surface area contributed by atoms with Crippen molar-refractivity contribution in [2.24, 2.45) is 0 Å². The van der Waals surface area contributed by atoms with Gasteiger partial charge in [0.05, 0.1) is 0 Å². The van der Waals surface area contributed by atoms with Gasteiger partial charge in [0, 0.05) is 44.0 Å². The monoisotopic (exact) mass is 371 g/mol. The van der Waals surface area contributed by atoms with E-state index in [1.807, 2.05) is 31.7 Å². The highest BCUT2D eigenvalue weighted by molar-refractivity contribution is 5.68. The number of rotatable bonds is 2. The molecule has 2 aliphatic rings. The summed E-state index contributed by atoms with van der Waals surface area (Å²) >= 11 is 0. The minimum Gasteiger partial charge on any atom is -0.444 e. The summed E-state index contributed by atoms with van der Waals surface area (Å²) in [6, 6.07) is 10.4. The molecule has 1 aromatic rings. The number of hydrogen-bond donors (Lipinski definition) is 0. The van der Waals surface area contributed by atoms with Crippen molar-refractivity contribution >= 4 is 11.8 Å². The number of amides is 1. The summed E-state index contributed by atoms with van der Waals surface area (Å²) in [6.07, 6.45) is 1.73. The third-order valence-electron chi connectivity index (χ3n) is 5.83. The predicted molar refractivity (Wildman–Crippen MR) is 109 cm³/mol. The van der Waals surface area contributed by atoms with Crippen molar-refractivity contribution in [2.45, 2.75) is 44.8 Å². The Balaban J connectivity index is 1.65. The number of carbonyl (C=O) groups is 1. The van der Waals surface area contributed by atoms with Crippen molar-refractivity contribution in [1.82, 2.24) is 14.7 Å². The fourth-order valence-corrected chi connectivity index (χ4v) is 4.08. The van der Waals surface area contributed by atoms with Crippen LogP contribution in [0.3, 0.4) is 0 Å². The molecule has 27 heavy (non-hydrogen) atoms. The van der Waals surface area contributed by atoms with Crippen LogP contribution in [0.5, 0.6) is 0 Å². The minimum atomic E-state index is -0.446. The van der Waals surface area contributed by atoms with Gasteiger partial charge in [-0.2, -0.15) is 0 Å². The molecule has 5 nitrogen and oxygen atoms in total. The molecule has 1 aromatic carbocycles. The average molecular weight is 372 g/mol. The van der Waals surface area contributed by atoms with Crippen LogP contribution in [-0.2, 0) is 4.74 Å². The molecule has 0 unspecified atom stereocenters. The highest BCUT2D eigenvalue weighted by Crippen LogP contribution is 2.34. The lowest BCUT2D eigenvalue weighted by molar-refractivity contribution is -0.0230. The fourth-order valence-electron chi connectivity index (χ4n) is 4.08. The topological polar surface area (TPSA) is 36.0 Å². The van der Waals surface area contributed by atoms with E-state index in [9.17, 15) is 4.79 Å². The number of piperidine rings is 1. The summed E-state index contributed by atoms with van der Waals surface area (Å²) in [5.74, 6) is 0. The Morgan fingerprint density at radius 1 is 1.04 bits per heavy atom. The van der Waals surface area contributed by atoms with Gasteiger partial charge in [-0.25, -0.2) is 4.79 Å². The van der Waals surface area contributed by atoms with Crippen molar-refractivity contribution in [1.29, 1.82) is 0 Å². The van der Waals surface area contributed by atoms with E-state index in [1.54, 1.807) is 0 Å². The zero-order chi connectivity index (χ0) is 19.7. The second-order valence-corrected chi connectivity index (χ2v) is 8.85. The second-order valence-electron chi connectivity index (χ2n) is 8.85. The van der Waals surface area contributed by atoms with E-state index in [2.05, 4.69) is 47.7 Å². The molecule has 0 radical (unpaired) electrons. The predicted octanol–water partition coefficient (Wildman–Crippen LogP) is 3.67. The molecular formula is C22H33N3O2. The minimum absolute atomic E-state index is 0.0917. The molecule has 0 N–H and O–H groups in total. The lowest BCUT2D eigenvalue weighted by Crippen LogP contribution is -2.64. The normalized spacial score (nSPS) is 20.6. The number of nitrogens with zero attached hydrogens (tertiary/aromatic N) is 3. The number of hydrogen-bond acceptors (Lipinski definition) is 4. The van der Waals surface area contributed by atoms with Crippen LogP contribution < -0.4 is 0 Å². The summed E-state index contributed by atoms with van der Waals surface area (Å²) < 4.78 is 5.55. The lowest BCUT2D eigenvalue weighted by atomic mass is 9.83. The number of likely N-dealkylation sites (N-methyl/N-ethyl adjacent to an activating group) is 1. The van der Waals surface area contributed by atoms with Gasteiger partial charge in [-0.3, -0.25) is 4.90 Å². The van der Waals surface area contributed by atoms with E-state index in [1.165, 1.54) is 5.56 Å². The first-order chi connectivity index (χ1) is 12.7. The van der Waals surface area contributed by atoms with Crippen molar-refractivity contribution in [3.8, 4) is 0 Å². The van der Waals surface area contributed by atoms with Crippen LogP contribution in [0.4, 0.5) is 4.79 Å².